The van der Waals surface area contributed by atoms with Gasteiger partial charge < -0.3 is 51.4 Å². The number of imidazole rings is 1. The number of alkyl halides is 3. The van der Waals surface area contributed by atoms with Gasteiger partial charge in [0.25, 0.3) is 0 Å². The van der Waals surface area contributed by atoms with Crippen LogP contribution < -0.4 is 31.5 Å². The van der Waals surface area contributed by atoms with Gasteiger partial charge in [0.15, 0.2) is 17.0 Å². The third-order valence-electron chi connectivity index (χ3n) is 10.5. The number of aliphatic carboxylic acids is 1. The molecular formula is C38H46F4N10O6. The Morgan fingerprint density at radius 1 is 0.948 bits per heavy atom. The third kappa shape index (κ3) is 10.1. The summed E-state index contributed by atoms with van der Waals surface area (Å²) >= 11 is 0. The molecule has 1 saturated carbocycles. The van der Waals surface area contributed by atoms with Crippen molar-refractivity contribution >= 4 is 40.8 Å². The molecule has 3 amide bonds. The molecule has 0 radical (unpaired) electrons. The molecule has 2 aromatic carbocycles. The number of carboxylic acid groups (broad SMARTS) is 1. The van der Waals surface area contributed by atoms with E-state index < -0.39 is 36.4 Å². The number of fused-ring (bicyclic) bond motifs is 1. The van der Waals surface area contributed by atoms with Crippen LogP contribution in [0.4, 0.5) is 34.1 Å². The lowest BCUT2D eigenvalue weighted by molar-refractivity contribution is -0.192. The number of halogens is 4. The van der Waals surface area contributed by atoms with Gasteiger partial charge in [-0.25, -0.2) is 19.0 Å². The number of rotatable bonds is 11. The van der Waals surface area contributed by atoms with E-state index in [2.05, 4.69) is 31.6 Å². The molecule has 7 atom stereocenters. The highest BCUT2D eigenvalue weighted by molar-refractivity contribution is 5.85. The minimum absolute atomic E-state index is 0.108. The number of aliphatic hydroxyl groups is 2. The van der Waals surface area contributed by atoms with Crippen molar-refractivity contribution in [3.63, 3.8) is 0 Å². The van der Waals surface area contributed by atoms with Crippen molar-refractivity contribution in [3.8, 4) is 0 Å². The van der Waals surface area contributed by atoms with Crippen LogP contribution in [-0.2, 0) is 9.59 Å². The van der Waals surface area contributed by atoms with E-state index >= 15 is 0 Å². The van der Waals surface area contributed by atoms with Gasteiger partial charge in [0.05, 0.1) is 18.4 Å². The van der Waals surface area contributed by atoms with E-state index in [0.29, 0.717) is 49.0 Å². The lowest BCUT2D eigenvalue weighted by Gasteiger charge is -2.22. The van der Waals surface area contributed by atoms with Crippen molar-refractivity contribution in [1.29, 1.82) is 0 Å². The molecule has 2 aromatic heterocycles. The molecule has 2 aliphatic heterocycles. The molecule has 1 aliphatic carbocycles. The van der Waals surface area contributed by atoms with Crippen molar-refractivity contribution < 1.29 is 47.3 Å². The smallest absolute Gasteiger partial charge is 0.475 e. The predicted octanol–water partition coefficient (Wildman–Crippen LogP) is 2.64. The molecule has 58 heavy (non-hydrogen) atoms. The molecule has 312 valence electrons. The first-order valence-electron chi connectivity index (χ1n) is 19.0. The Morgan fingerprint density at radius 2 is 1.64 bits per heavy atom. The summed E-state index contributed by atoms with van der Waals surface area (Å²) in [6.45, 7) is 4.88. The lowest BCUT2D eigenvalue weighted by Crippen LogP contribution is -2.47. The maximum Gasteiger partial charge on any atom is 0.490 e. The van der Waals surface area contributed by atoms with Crippen LogP contribution >= 0.6 is 0 Å². The van der Waals surface area contributed by atoms with E-state index in [4.69, 9.17) is 19.9 Å². The molecule has 8 N–H and O–H groups in total. The zero-order chi connectivity index (χ0) is 41.6. The van der Waals surface area contributed by atoms with E-state index in [0.717, 1.165) is 30.6 Å². The Morgan fingerprint density at radius 3 is 2.29 bits per heavy atom. The van der Waals surface area contributed by atoms with Crippen LogP contribution in [0.15, 0.2) is 60.9 Å². The van der Waals surface area contributed by atoms with Crippen LogP contribution in [-0.4, -0.2) is 122 Å². The molecule has 3 aliphatic rings. The fourth-order valence-corrected chi connectivity index (χ4v) is 7.41. The maximum atomic E-state index is 13.9. The number of nitrogens with one attached hydrogen (secondary N) is 5. The Labute approximate surface area is 330 Å². The largest absolute Gasteiger partial charge is 0.490 e. The number of carbonyl (C=O) groups excluding carboxylic acids is 2. The zero-order valence-corrected chi connectivity index (χ0v) is 31.5. The second-order valence-electron chi connectivity index (χ2n) is 14.4. The number of nitrogens with zero attached hydrogens (tertiary/aromatic N) is 5. The number of anilines is 2. The highest BCUT2D eigenvalue weighted by atomic mass is 19.4. The molecule has 0 bridgehead atoms. The van der Waals surface area contributed by atoms with Gasteiger partial charge in [-0.3, -0.25) is 4.79 Å². The van der Waals surface area contributed by atoms with Gasteiger partial charge in [-0.05, 0) is 49.1 Å². The Balaban J connectivity index is 0.000000743. The van der Waals surface area contributed by atoms with Gasteiger partial charge in [-0.1, -0.05) is 49.4 Å². The fourth-order valence-electron chi connectivity index (χ4n) is 7.41. The van der Waals surface area contributed by atoms with Crippen LogP contribution in [0.2, 0.25) is 0 Å². The number of amides is 3. The summed E-state index contributed by atoms with van der Waals surface area (Å²) in [4.78, 5) is 50.4. The van der Waals surface area contributed by atoms with E-state index in [1.807, 2.05) is 35.2 Å². The topological polar surface area (TPSA) is 219 Å². The van der Waals surface area contributed by atoms with E-state index in [1.165, 1.54) is 12.1 Å². The molecule has 7 rings (SSSR count). The standard InChI is InChI=1S/C36H45FN10O4.C2HF3O2/c1-2-29(48)43-27-16-28(32(50)31(27)49)47-20-40-30-33(39-18-26(21-6-4-3-5-7-21)22-8-10-23(37)11-9-22)44-35(45-34(30)47)46-15-13-25(19-46)42-36(51)41-24-12-14-38-17-24;3-2(4,5)1(6)7/h3-11,20,24-28,31-32,38,49-50H,2,12-19H2,1H3,(H,43,48)(H,39,44,45)(H2,41,42,51);(H,6,7)/t24-,25-,26?,27+,28-,31-,32+;/m1./s1. The van der Waals surface area contributed by atoms with Gasteiger partial charge >= 0.3 is 18.2 Å². The molecule has 3 fully saturated rings. The number of hydrogen-bond donors (Lipinski definition) is 8. The Bertz CT molecular complexity index is 2030. The molecule has 0 spiro atoms. The van der Waals surface area contributed by atoms with Crippen molar-refractivity contribution in [2.45, 2.75) is 81.1 Å². The van der Waals surface area contributed by atoms with E-state index in [1.54, 1.807) is 30.0 Å². The number of urea groups is 1. The first-order chi connectivity index (χ1) is 27.7. The molecule has 2 saturated heterocycles. The average Bonchev–Trinajstić information content (AvgIpc) is 4.02. The van der Waals surface area contributed by atoms with Gasteiger partial charge in [-0.2, -0.15) is 23.1 Å². The van der Waals surface area contributed by atoms with Crippen LogP contribution in [0.1, 0.15) is 55.7 Å². The molecular weight excluding hydrogens is 768 g/mol. The first kappa shape index (κ1) is 42.0. The summed E-state index contributed by atoms with van der Waals surface area (Å²) < 4.78 is 47.4. The van der Waals surface area contributed by atoms with Crippen molar-refractivity contribution in [2.75, 3.05) is 42.9 Å². The number of carboxylic acids is 1. The first-order valence-corrected chi connectivity index (χ1v) is 19.0. The monoisotopic (exact) mass is 814 g/mol. The fraction of sp³-hybridized carbons (Fsp3) is 0.474. The van der Waals surface area contributed by atoms with Gasteiger partial charge in [0.2, 0.25) is 11.9 Å². The van der Waals surface area contributed by atoms with E-state index in [-0.39, 0.29) is 48.6 Å². The molecule has 16 nitrogen and oxygen atoms in total. The lowest BCUT2D eigenvalue weighted by atomic mass is 9.91. The maximum absolute atomic E-state index is 13.9. The summed E-state index contributed by atoms with van der Waals surface area (Å²) in [6, 6.07) is 15.0. The van der Waals surface area contributed by atoms with Crippen LogP contribution in [0.5, 0.6) is 0 Å². The number of aliphatic hydroxyl groups excluding tert-OH is 2. The summed E-state index contributed by atoms with van der Waals surface area (Å²) in [6.07, 6.45) is -3.70. The van der Waals surface area contributed by atoms with Gasteiger partial charge in [0.1, 0.15) is 18.0 Å². The number of carbonyl (C=O) groups is 3. The summed E-state index contributed by atoms with van der Waals surface area (Å²) in [7, 11) is 0. The van der Waals surface area contributed by atoms with E-state index in [9.17, 15) is 37.4 Å². The van der Waals surface area contributed by atoms with Crippen LogP contribution in [0.3, 0.4) is 0 Å². The second kappa shape index (κ2) is 18.3. The summed E-state index contributed by atoms with van der Waals surface area (Å²) in [5.41, 5.74) is 2.90. The normalized spacial score (nSPS) is 23.5. The average molecular weight is 815 g/mol. The number of benzene rings is 2. The highest BCUT2D eigenvalue weighted by Gasteiger charge is 2.44. The third-order valence-corrected chi connectivity index (χ3v) is 10.5. The molecule has 4 heterocycles. The number of hydrogen-bond acceptors (Lipinski definition) is 11. The minimum atomic E-state index is -5.08. The summed E-state index contributed by atoms with van der Waals surface area (Å²) in [5, 5.41) is 44.9. The van der Waals surface area contributed by atoms with Crippen LogP contribution in [0.25, 0.3) is 11.2 Å². The van der Waals surface area contributed by atoms with Crippen molar-refractivity contribution in [1.82, 2.24) is 40.8 Å². The van der Waals surface area contributed by atoms with Crippen molar-refractivity contribution in [3.05, 3.63) is 77.9 Å². The SMILES string of the molecule is CCC(=O)N[C@H]1C[C@@H](n2cnc3c(NCC(c4ccccc4)c4ccc(F)cc4)nc(N4CC[C@@H](NC(=O)N[C@@H]5CCNC5)C4)nc32)[C@H](O)[C@@H]1O.O=C(O)C(F)(F)F. The van der Waals surface area contributed by atoms with Gasteiger partial charge in [0, 0.05) is 50.6 Å². The molecule has 20 heteroatoms. The van der Waals surface area contributed by atoms with Crippen molar-refractivity contribution in [2.24, 2.45) is 0 Å². The Kier molecular flexibility index (Phi) is 13.3. The van der Waals surface area contributed by atoms with Crippen LogP contribution in [0, 0.1) is 5.82 Å². The predicted molar refractivity (Wildman–Crippen MR) is 204 cm³/mol. The molecule has 4 aromatic rings. The number of aromatic nitrogens is 4. The zero-order valence-electron chi connectivity index (χ0n) is 31.5. The van der Waals surface area contributed by atoms with Gasteiger partial charge in [-0.15, -0.1) is 0 Å². The Hall–Kier alpha value is -5.60. The second-order valence-corrected chi connectivity index (χ2v) is 14.4. The molecule has 1 unspecified atom stereocenters. The quantitative estimate of drug-likeness (QED) is 0.103. The minimum Gasteiger partial charge on any atom is -0.475 e. The summed E-state index contributed by atoms with van der Waals surface area (Å²) in [5.74, 6) is -2.52. The highest BCUT2D eigenvalue weighted by Crippen LogP contribution is 2.35.